The molecule has 2 atom stereocenters. The van der Waals surface area contributed by atoms with Crippen LogP contribution < -0.4 is 0 Å². The van der Waals surface area contributed by atoms with Crippen LogP contribution >= 0.6 is 0 Å². The average molecular weight is 272 g/mol. The fourth-order valence-corrected chi connectivity index (χ4v) is 3.55. The largest absolute Gasteiger partial charge is 0.391 e. The first-order valence-electron chi connectivity index (χ1n) is 7.72. The van der Waals surface area contributed by atoms with E-state index in [1.54, 1.807) is 0 Å². The molecule has 1 aromatic carbocycles. The van der Waals surface area contributed by atoms with Gasteiger partial charge in [0.15, 0.2) is 0 Å². The molecule has 108 valence electrons. The Morgan fingerprint density at radius 2 is 2.15 bits per heavy atom. The zero-order chi connectivity index (χ0) is 13.8. The second kappa shape index (κ2) is 5.96. The van der Waals surface area contributed by atoms with Crippen LogP contribution in [-0.2, 0) is 11.4 Å². The third kappa shape index (κ3) is 2.88. The summed E-state index contributed by atoms with van der Waals surface area (Å²) in [6.45, 7) is 5.37. The van der Waals surface area contributed by atoms with E-state index in [-0.39, 0.29) is 5.41 Å². The number of oxime groups is 1. The number of nitrogens with zero attached hydrogens (tertiary/aromatic N) is 2. The minimum Gasteiger partial charge on any atom is -0.391 e. The van der Waals surface area contributed by atoms with E-state index in [0.29, 0.717) is 12.6 Å². The SMILES string of the molecule is C[C@]1(/C=N\OCc2ccccc2)CCN2CCCC[C@H]21. The number of fused-ring (bicyclic) bond motifs is 1. The maximum absolute atomic E-state index is 5.48. The summed E-state index contributed by atoms with van der Waals surface area (Å²) in [6.07, 6.45) is 7.28. The Morgan fingerprint density at radius 1 is 1.30 bits per heavy atom. The Balaban J connectivity index is 1.55. The second-order valence-corrected chi connectivity index (χ2v) is 6.30. The second-order valence-electron chi connectivity index (χ2n) is 6.30. The molecular weight excluding hydrogens is 248 g/mol. The lowest BCUT2D eigenvalue weighted by atomic mass is 9.80. The highest BCUT2D eigenvalue weighted by Crippen LogP contribution is 2.40. The van der Waals surface area contributed by atoms with Crippen LogP contribution in [0.3, 0.4) is 0 Å². The molecule has 0 unspecified atom stereocenters. The average Bonchev–Trinajstić information content (AvgIpc) is 2.83. The van der Waals surface area contributed by atoms with Crippen molar-refractivity contribution in [3.8, 4) is 0 Å². The number of hydrogen-bond donors (Lipinski definition) is 0. The van der Waals surface area contributed by atoms with Crippen LogP contribution in [0.25, 0.3) is 0 Å². The molecule has 0 aromatic heterocycles. The van der Waals surface area contributed by atoms with Crippen molar-refractivity contribution in [2.24, 2.45) is 10.6 Å². The van der Waals surface area contributed by atoms with Crippen molar-refractivity contribution in [1.82, 2.24) is 4.90 Å². The van der Waals surface area contributed by atoms with E-state index >= 15 is 0 Å². The van der Waals surface area contributed by atoms with Crippen molar-refractivity contribution in [2.45, 2.75) is 45.3 Å². The van der Waals surface area contributed by atoms with Gasteiger partial charge in [-0.25, -0.2) is 0 Å². The molecule has 3 rings (SSSR count). The number of rotatable bonds is 4. The van der Waals surface area contributed by atoms with E-state index in [1.165, 1.54) is 44.3 Å². The van der Waals surface area contributed by atoms with Crippen LogP contribution in [0.15, 0.2) is 35.5 Å². The van der Waals surface area contributed by atoms with Gasteiger partial charge in [-0.3, -0.25) is 4.90 Å². The first-order chi connectivity index (χ1) is 9.78. The fraction of sp³-hybridized carbons (Fsp3) is 0.588. The standard InChI is InChI=1S/C17H24N2O/c1-17(10-12-19-11-6-5-9-16(17)19)14-18-20-13-15-7-3-2-4-8-15/h2-4,7-8,14,16H,5-6,9-13H2,1H3/b18-14-/t16-,17+/m0/s1. The number of hydrogen-bond acceptors (Lipinski definition) is 3. The van der Waals surface area contributed by atoms with E-state index in [9.17, 15) is 0 Å². The zero-order valence-corrected chi connectivity index (χ0v) is 12.3. The highest BCUT2D eigenvalue weighted by atomic mass is 16.6. The summed E-state index contributed by atoms with van der Waals surface area (Å²) in [6, 6.07) is 10.9. The molecule has 20 heavy (non-hydrogen) atoms. The summed E-state index contributed by atoms with van der Waals surface area (Å²) < 4.78 is 0. The summed E-state index contributed by atoms with van der Waals surface area (Å²) in [7, 11) is 0. The summed E-state index contributed by atoms with van der Waals surface area (Å²) in [4.78, 5) is 8.11. The molecule has 2 aliphatic rings. The van der Waals surface area contributed by atoms with Gasteiger partial charge in [0, 0.05) is 11.5 Å². The van der Waals surface area contributed by atoms with Crippen molar-refractivity contribution in [3.63, 3.8) is 0 Å². The molecule has 0 radical (unpaired) electrons. The molecule has 1 aromatic rings. The van der Waals surface area contributed by atoms with Gasteiger partial charge in [0.2, 0.25) is 0 Å². The molecule has 0 bridgehead atoms. The Labute approximate surface area is 121 Å². The minimum absolute atomic E-state index is 0.192. The maximum Gasteiger partial charge on any atom is 0.142 e. The Bertz CT molecular complexity index is 459. The molecule has 3 heteroatoms. The van der Waals surface area contributed by atoms with Gasteiger partial charge in [0.25, 0.3) is 0 Å². The van der Waals surface area contributed by atoms with E-state index in [0.717, 1.165) is 0 Å². The van der Waals surface area contributed by atoms with Crippen molar-refractivity contribution >= 4 is 6.21 Å². The summed E-state index contributed by atoms with van der Waals surface area (Å²) >= 11 is 0. The van der Waals surface area contributed by atoms with Crippen molar-refractivity contribution in [2.75, 3.05) is 13.1 Å². The molecule has 2 heterocycles. The number of benzene rings is 1. The maximum atomic E-state index is 5.48. The van der Waals surface area contributed by atoms with Gasteiger partial charge in [-0.05, 0) is 37.9 Å². The van der Waals surface area contributed by atoms with Crippen LogP contribution in [-0.4, -0.2) is 30.2 Å². The molecule has 0 amide bonds. The van der Waals surface area contributed by atoms with Crippen LogP contribution in [0.2, 0.25) is 0 Å². The molecule has 3 nitrogen and oxygen atoms in total. The van der Waals surface area contributed by atoms with Gasteiger partial charge in [0.1, 0.15) is 6.61 Å². The first-order valence-corrected chi connectivity index (χ1v) is 7.72. The van der Waals surface area contributed by atoms with Crippen LogP contribution in [0.5, 0.6) is 0 Å². The predicted molar refractivity (Wildman–Crippen MR) is 81.7 cm³/mol. The van der Waals surface area contributed by atoms with Gasteiger partial charge >= 0.3 is 0 Å². The quantitative estimate of drug-likeness (QED) is 0.619. The highest BCUT2D eigenvalue weighted by Gasteiger charge is 2.43. The van der Waals surface area contributed by atoms with Crippen molar-refractivity contribution in [1.29, 1.82) is 0 Å². The van der Waals surface area contributed by atoms with Crippen molar-refractivity contribution in [3.05, 3.63) is 35.9 Å². The smallest absolute Gasteiger partial charge is 0.142 e. The van der Waals surface area contributed by atoms with E-state index in [2.05, 4.69) is 35.3 Å². The summed E-state index contributed by atoms with van der Waals surface area (Å²) in [5, 5.41) is 4.26. The Hall–Kier alpha value is -1.35. The third-order valence-electron chi connectivity index (χ3n) is 4.81. The molecule has 2 saturated heterocycles. The topological polar surface area (TPSA) is 24.8 Å². The van der Waals surface area contributed by atoms with Gasteiger partial charge in [-0.2, -0.15) is 0 Å². The summed E-state index contributed by atoms with van der Waals surface area (Å²) in [5.41, 5.74) is 1.36. The van der Waals surface area contributed by atoms with Crippen LogP contribution in [0, 0.1) is 5.41 Å². The Kier molecular flexibility index (Phi) is 4.06. The molecular formula is C17H24N2O. The highest BCUT2D eigenvalue weighted by molar-refractivity contribution is 5.66. The summed E-state index contributed by atoms with van der Waals surface area (Å²) in [5.74, 6) is 0. The Morgan fingerprint density at radius 3 is 3.00 bits per heavy atom. The van der Waals surface area contributed by atoms with E-state index in [4.69, 9.17) is 4.84 Å². The third-order valence-corrected chi connectivity index (χ3v) is 4.81. The van der Waals surface area contributed by atoms with E-state index < -0.39 is 0 Å². The van der Waals surface area contributed by atoms with E-state index in [1.807, 2.05) is 18.2 Å². The molecule has 2 aliphatic heterocycles. The molecule has 0 spiro atoms. The minimum atomic E-state index is 0.192. The van der Waals surface area contributed by atoms with Crippen LogP contribution in [0.1, 0.15) is 38.2 Å². The molecule has 2 fully saturated rings. The monoisotopic (exact) mass is 272 g/mol. The molecule has 0 N–H and O–H groups in total. The molecule has 0 aliphatic carbocycles. The first kappa shape index (κ1) is 13.6. The van der Waals surface area contributed by atoms with Crippen molar-refractivity contribution < 1.29 is 4.84 Å². The number of piperidine rings is 1. The van der Waals surface area contributed by atoms with Crippen LogP contribution in [0.4, 0.5) is 0 Å². The normalized spacial score (nSPS) is 30.6. The lowest BCUT2D eigenvalue weighted by molar-refractivity contribution is 0.123. The van der Waals surface area contributed by atoms with Gasteiger partial charge in [-0.1, -0.05) is 48.8 Å². The van der Waals surface area contributed by atoms with Gasteiger partial charge < -0.3 is 4.84 Å². The predicted octanol–water partition coefficient (Wildman–Crippen LogP) is 3.45. The zero-order valence-electron chi connectivity index (χ0n) is 12.3. The van der Waals surface area contributed by atoms with Gasteiger partial charge in [-0.15, -0.1) is 0 Å². The molecule has 0 saturated carbocycles. The lowest BCUT2D eigenvalue weighted by Crippen LogP contribution is -2.42. The fourth-order valence-electron chi connectivity index (χ4n) is 3.55. The lowest BCUT2D eigenvalue weighted by Gasteiger charge is -2.36. The van der Waals surface area contributed by atoms with Gasteiger partial charge in [0.05, 0.1) is 6.21 Å².